The molecule has 0 spiro atoms. The summed E-state index contributed by atoms with van der Waals surface area (Å²) >= 11 is 0. The Bertz CT molecular complexity index is 585. The zero-order chi connectivity index (χ0) is 15.6. The van der Waals surface area contributed by atoms with Gasteiger partial charge in [-0.25, -0.2) is 0 Å². The second-order valence-corrected chi connectivity index (χ2v) is 4.80. The molecule has 3 amide bonds. The minimum atomic E-state index is -0.951. The number of nitrogens with one attached hydrogen (secondary N) is 1. The maximum Gasteiger partial charge on any atom is 0.246 e. The van der Waals surface area contributed by atoms with Crippen LogP contribution in [0.15, 0.2) is 18.2 Å². The van der Waals surface area contributed by atoms with Crippen LogP contribution in [0.4, 0.5) is 0 Å². The molecular formula is C13H15N3O5. The van der Waals surface area contributed by atoms with E-state index in [4.69, 9.17) is 5.73 Å². The molecule has 0 aromatic heterocycles. The van der Waals surface area contributed by atoms with Crippen LogP contribution in [-0.4, -0.2) is 52.0 Å². The minimum absolute atomic E-state index is 0.110. The van der Waals surface area contributed by atoms with E-state index < -0.39 is 23.8 Å². The highest BCUT2D eigenvalue weighted by atomic mass is 16.3. The summed E-state index contributed by atoms with van der Waals surface area (Å²) in [7, 11) is 0. The monoisotopic (exact) mass is 293 g/mol. The Morgan fingerprint density at radius 2 is 1.86 bits per heavy atom. The fourth-order valence-electron chi connectivity index (χ4n) is 2.06. The molecule has 1 aromatic carbocycles. The number of nitrogens with zero attached hydrogens (tertiary/aromatic N) is 1. The normalized spacial score (nSPS) is 16.5. The summed E-state index contributed by atoms with van der Waals surface area (Å²) in [4.78, 5) is 35.6. The van der Waals surface area contributed by atoms with Crippen molar-refractivity contribution in [2.75, 3.05) is 13.1 Å². The van der Waals surface area contributed by atoms with Gasteiger partial charge in [0.05, 0.1) is 6.04 Å². The van der Waals surface area contributed by atoms with Gasteiger partial charge in [0.15, 0.2) is 11.5 Å². The fraction of sp³-hybridized carbons (Fsp3) is 0.308. The first kappa shape index (κ1) is 14.8. The summed E-state index contributed by atoms with van der Waals surface area (Å²) in [6, 6.07) is 3.17. The number of phenols is 2. The number of imide groups is 1. The van der Waals surface area contributed by atoms with Crippen molar-refractivity contribution in [3.8, 4) is 11.5 Å². The highest BCUT2D eigenvalue weighted by Gasteiger charge is 2.29. The van der Waals surface area contributed by atoms with Crippen molar-refractivity contribution < 1.29 is 24.6 Å². The van der Waals surface area contributed by atoms with E-state index >= 15 is 0 Å². The molecule has 0 radical (unpaired) electrons. The van der Waals surface area contributed by atoms with Crippen molar-refractivity contribution in [2.45, 2.75) is 12.5 Å². The van der Waals surface area contributed by atoms with Gasteiger partial charge in [-0.05, 0) is 24.1 Å². The summed E-state index contributed by atoms with van der Waals surface area (Å²) < 4.78 is 0. The first-order chi connectivity index (χ1) is 9.86. The third-order valence-electron chi connectivity index (χ3n) is 3.07. The average molecular weight is 293 g/mol. The molecule has 2 rings (SSSR count). The number of rotatable bonds is 3. The Morgan fingerprint density at radius 3 is 2.43 bits per heavy atom. The predicted octanol–water partition coefficient (Wildman–Crippen LogP) is -1.55. The van der Waals surface area contributed by atoms with Crippen LogP contribution in [-0.2, 0) is 20.8 Å². The van der Waals surface area contributed by atoms with Gasteiger partial charge in [-0.1, -0.05) is 6.07 Å². The van der Waals surface area contributed by atoms with Crippen LogP contribution in [0.3, 0.4) is 0 Å². The molecule has 112 valence electrons. The molecule has 0 bridgehead atoms. The van der Waals surface area contributed by atoms with Crippen LogP contribution < -0.4 is 11.1 Å². The largest absolute Gasteiger partial charge is 0.504 e. The third kappa shape index (κ3) is 3.48. The lowest BCUT2D eigenvalue weighted by Gasteiger charge is -2.27. The van der Waals surface area contributed by atoms with Crippen molar-refractivity contribution in [1.82, 2.24) is 10.2 Å². The highest BCUT2D eigenvalue weighted by Crippen LogP contribution is 2.25. The van der Waals surface area contributed by atoms with Crippen LogP contribution in [0.25, 0.3) is 0 Å². The van der Waals surface area contributed by atoms with E-state index in [9.17, 15) is 24.6 Å². The minimum Gasteiger partial charge on any atom is -0.504 e. The molecule has 0 saturated carbocycles. The Kier molecular flexibility index (Phi) is 4.08. The molecule has 1 aliphatic rings. The quantitative estimate of drug-likeness (QED) is 0.394. The van der Waals surface area contributed by atoms with Crippen LogP contribution in [0.1, 0.15) is 5.56 Å². The number of aromatic hydroxyl groups is 2. The van der Waals surface area contributed by atoms with Crippen molar-refractivity contribution in [3.05, 3.63) is 23.8 Å². The molecule has 1 aliphatic heterocycles. The van der Waals surface area contributed by atoms with Gasteiger partial charge in [-0.3, -0.25) is 19.7 Å². The number of carbonyl (C=O) groups excluding carboxylic acids is 3. The van der Waals surface area contributed by atoms with Gasteiger partial charge < -0.3 is 20.8 Å². The number of benzene rings is 1. The summed E-state index contributed by atoms with van der Waals surface area (Å²) in [5, 5.41) is 20.7. The fourth-order valence-corrected chi connectivity index (χ4v) is 2.06. The number of phenolic OH excluding ortho intramolecular Hbond substituents is 2. The molecule has 1 atom stereocenters. The smallest absolute Gasteiger partial charge is 0.246 e. The lowest BCUT2D eigenvalue weighted by Crippen LogP contribution is -2.57. The lowest BCUT2D eigenvalue weighted by atomic mass is 10.0. The SMILES string of the molecule is N[C@@H](Cc1ccc(O)c(O)c1)C(=O)N1CC(=O)NC(=O)C1. The molecule has 21 heavy (non-hydrogen) atoms. The molecule has 1 heterocycles. The van der Waals surface area contributed by atoms with Crippen molar-refractivity contribution in [1.29, 1.82) is 0 Å². The molecule has 8 heteroatoms. The lowest BCUT2D eigenvalue weighted by molar-refractivity contribution is -0.146. The van der Waals surface area contributed by atoms with Gasteiger partial charge in [-0.15, -0.1) is 0 Å². The molecule has 1 aromatic rings. The zero-order valence-electron chi connectivity index (χ0n) is 11.1. The van der Waals surface area contributed by atoms with E-state index in [1.807, 2.05) is 0 Å². The van der Waals surface area contributed by atoms with E-state index in [1.165, 1.54) is 18.2 Å². The molecule has 8 nitrogen and oxygen atoms in total. The first-order valence-corrected chi connectivity index (χ1v) is 6.24. The molecule has 1 saturated heterocycles. The Morgan fingerprint density at radius 1 is 1.24 bits per heavy atom. The van der Waals surface area contributed by atoms with E-state index in [0.717, 1.165) is 4.90 Å². The topological polar surface area (TPSA) is 133 Å². The predicted molar refractivity (Wildman–Crippen MR) is 71.2 cm³/mol. The Hall–Kier alpha value is -2.61. The number of hydrogen-bond acceptors (Lipinski definition) is 6. The summed E-state index contributed by atoms with van der Waals surface area (Å²) in [5.74, 6) is -2.19. The summed E-state index contributed by atoms with van der Waals surface area (Å²) in [6.45, 7) is -0.418. The molecular weight excluding hydrogens is 278 g/mol. The second kappa shape index (κ2) is 5.80. The van der Waals surface area contributed by atoms with Crippen molar-refractivity contribution in [2.24, 2.45) is 5.73 Å². The number of piperazine rings is 1. The number of hydrogen-bond donors (Lipinski definition) is 4. The average Bonchev–Trinajstić information content (AvgIpc) is 2.41. The molecule has 1 fully saturated rings. The van der Waals surface area contributed by atoms with Crippen LogP contribution in [0.2, 0.25) is 0 Å². The zero-order valence-corrected chi connectivity index (χ0v) is 11.1. The van der Waals surface area contributed by atoms with Gasteiger partial charge in [0.1, 0.15) is 13.1 Å². The van der Waals surface area contributed by atoms with Crippen LogP contribution in [0, 0.1) is 0 Å². The molecule has 0 unspecified atom stereocenters. The van der Waals surface area contributed by atoms with Crippen LogP contribution in [0.5, 0.6) is 11.5 Å². The van der Waals surface area contributed by atoms with Gasteiger partial charge in [-0.2, -0.15) is 0 Å². The first-order valence-electron chi connectivity index (χ1n) is 6.24. The Labute approximate surface area is 120 Å². The maximum absolute atomic E-state index is 12.1. The van der Waals surface area contributed by atoms with E-state index in [2.05, 4.69) is 5.32 Å². The van der Waals surface area contributed by atoms with E-state index in [-0.39, 0.29) is 31.0 Å². The Balaban J connectivity index is 2.03. The standard InChI is InChI=1S/C13H15N3O5/c14-8(3-7-1-2-9(17)10(18)4-7)13(21)16-5-11(19)15-12(20)6-16/h1-2,4,8,17-18H,3,5-6,14H2,(H,15,19,20)/t8-/m0/s1. The number of nitrogens with two attached hydrogens (primary N) is 1. The van der Waals surface area contributed by atoms with Gasteiger partial charge in [0.25, 0.3) is 0 Å². The molecule has 0 aliphatic carbocycles. The van der Waals surface area contributed by atoms with E-state index in [0.29, 0.717) is 5.56 Å². The second-order valence-electron chi connectivity index (χ2n) is 4.80. The van der Waals surface area contributed by atoms with Gasteiger partial charge in [0.2, 0.25) is 17.7 Å². The van der Waals surface area contributed by atoms with Gasteiger partial charge >= 0.3 is 0 Å². The maximum atomic E-state index is 12.1. The van der Waals surface area contributed by atoms with Crippen molar-refractivity contribution >= 4 is 17.7 Å². The van der Waals surface area contributed by atoms with Gasteiger partial charge in [0, 0.05) is 0 Å². The van der Waals surface area contributed by atoms with E-state index in [1.54, 1.807) is 0 Å². The number of carbonyl (C=O) groups is 3. The highest BCUT2D eigenvalue weighted by molar-refractivity contribution is 6.03. The molecule has 5 N–H and O–H groups in total. The summed E-state index contributed by atoms with van der Waals surface area (Å²) in [6.07, 6.45) is 0.110. The van der Waals surface area contributed by atoms with Crippen molar-refractivity contribution in [3.63, 3.8) is 0 Å². The van der Waals surface area contributed by atoms with Crippen LogP contribution >= 0.6 is 0 Å². The number of amides is 3. The summed E-state index contributed by atoms with van der Waals surface area (Å²) in [5.41, 5.74) is 6.34. The third-order valence-corrected chi connectivity index (χ3v) is 3.07.